The number of benzene rings is 2. The van der Waals surface area contributed by atoms with Crippen LogP contribution in [0.15, 0.2) is 59.4 Å². The third-order valence-corrected chi connectivity index (χ3v) is 5.43. The Hall–Kier alpha value is -3.68. The Balaban J connectivity index is 1.64. The van der Waals surface area contributed by atoms with Crippen molar-refractivity contribution in [2.45, 2.75) is 13.5 Å². The fraction of sp³-hybridized carbons (Fsp3) is 0.304. The summed E-state index contributed by atoms with van der Waals surface area (Å²) in [6.45, 7) is 4.48. The first-order chi connectivity index (χ1) is 15.1. The Kier molecular flexibility index (Phi) is 5.97. The van der Waals surface area contributed by atoms with E-state index in [0.29, 0.717) is 43.5 Å². The monoisotopic (exact) mass is 419 g/mol. The molecule has 31 heavy (non-hydrogen) atoms. The highest BCUT2D eigenvalue weighted by Crippen LogP contribution is 2.17. The van der Waals surface area contributed by atoms with Gasteiger partial charge in [-0.15, -0.1) is 0 Å². The van der Waals surface area contributed by atoms with Gasteiger partial charge in [0, 0.05) is 38.1 Å². The van der Waals surface area contributed by atoms with Crippen molar-refractivity contribution < 1.29 is 9.59 Å². The number of nitrogens with one attached hydrogen (secondary N) is 1. The van der Waals surface area contributed by atoms with Crippen molar-refractivity contribution >= 4 is 22.7 Å². The summed E-state index contributed by atoms with van der Waals surface area (Å²) in [4.78, 5) is 41.8. The molecule has 3 amide bonds. The van der Waals surface area contributed by atoms with Crippen molar-refractivity contribution in [1.82, 2.24) is 24.9 Å². The Morgan fingerprint density at radius 2 is 1.52 bits per heavy atom. The third-order valence-electron chi connectivity index (χ3n) is 5.43. The second-order valence-corrected chi connectivity index (χ2v) is 7.46. The number of fused-ring (bicyclic) bond motifs is 1. The third kappa shape index (κ3) is 4.28. The van der Waals surface area contributed by atoms with Crippen molar-refractivity contribution in [1.29, 1.82) is 0 Å². The maximum Gasteiger partial charge on any atom is 0.317 e. The van der Waals surface area contributed by atoms with Gasteiger partial charge in [-0.25, -0.2) is 9.48 Å². The molecule has 2 heterocycles. The normalized spacial score (nSPS) is 14.0. The Bertz CT molecular complexity index is 1150. The number of nitrogens with zero attached hydrogens (tertiary/aromatic N) is 4. The summed E-state index contributed by atoms with van der Waals surface area (Å²) >= 11 is 0. The number of hydrogen-bond donors (Lipinski definition) is 1. The molecule has 4 rings (SSSR count). The first kappa shape index (κ1) is 20.6. The van der Waals surface area contributed by atoms with Crippen molar-refractivity contribution in [3.05, 3.63) is 76.2 Å². The number of carbonyl (C=O) groups is 2. The molecule has 8 heteroatoms. The Morgan fingerprint density at radius 1 is 0.903 bits per heavy atom. The molecular formula is C23H25N5O3. The quantitative estimate of drug-likeness (QED) is 0.700. The molecule has 1 N–H and O–H groups in total. The minimum atomic E-state index is -0.228. The van der Waals surface area contributed by atoms with Gasteiger partial charge in [-0.2, -0.15) is 5.10 Å². The zero-order valence-electron chi connectivity index (χ0n) is 17.5. The van der Waals surface area contributed by atoms with Gasteiger partial charge >= 0.3 is 6.03 Å². The topological polar surface area (TPSA) is 87.5 Å². The predicted octanol–water partition coefficient (Wildman–Crippen LogP) is 1.93. The molecule has 1 saturated heterocycles. The zero-order chi connectivity index (χ0) is 21.8. The van der Waals surface area contributed by atoms with E-state index in [1.165, 1.54) is 4.68 Å². The highest BCUT2D eigenvalue weighted by molar-refractivity contribution is 6.04. The van der Waals surface area contributed by atoms with E-state index >= 15 is 0 Å². The van der Waals surface area contributed by atoms with E-state index in [0.717, 1.165) is 5.56 Å². The highest BCUT2D eigenvalue weighted by atomic mass is 16.2. The van der Waals surface area contributed by atoms with E-state index in [1.807, 2.05) is 37.3 Å². The molecule has 2 aromatic carbocycles. The van der Waals surface area contributed by atoms with Crippen molar-refractivity contribution in [2.24, 2.45) is 0 Å². The molecule has 1 fully saturated rings. The molecule has 0 bridgehead atoms. The molecule has 0 radical (unpaired) electrons. The van der Waals surface area contributed by atoms with Crippen molar-refractivity contribution in [3.8, 4) is 0 Å². The molecule has 3 aromatic rings. The van der Waals surface area contributed by atoms with Crippen LogP contribution in [0, 0.1) is 0 Å². The highest BCUT2D eigenvalue weighted by Gasteiger charge is 2.27. The summed E-state index contributed by atoms with van der Waals surface area (Å²) in [6, 6.07) is 16.5. The van der Waals surface area contributed by atoms with Crippen LogP contribution in [-0.2, 0) is 6.54 Å². The summed E-state index contributed by atoms with van der Waals surface area (Å²) in [7, 11) is 0. The van der Waals surface area contributed by atoms with Gasteiger partial charge in [-0.05, 0) is 18.6 Å². The van der Waals surface area contributed by atoms with Gasteiger partial charge in [0.1, 0.15) is 0 Å². The van der Waals surface area contributed by atoms with Crippen LogP contribution in [0.4, 0.5) is 4.79 Å². The number of urea groups is 1. The van der Waals surface area contributed by atoms with Gasteiger partial charge in [-0.1, -0.05) is 48.5 Å². The van der Waals surface area contributed by atoms with Crippen LogP contribution in [0.2, 0.25) is 0 Å². The maximum atomic E-state index is 13.4. The average molecular weight is 419 g/mol. The first-order valence-electron chi connectivity index (χ1n) is 10.4. The number of amides is 3. The summed E-state index contributed by atoms with van der Waals surface area (Å²) in [5, 5.41) is 8.28. The summed E-state index contributed by atoms with van der Waals surface area (Å²) in [5.74, 6) is -0.228. The standard InChI is InChI=1S/C23H25N5O3/c1-2-24-23(31)27-14-12-26(13-15-27)22(30)20-18-10-6-7-11-19(18)21(29)28(25-20)16-17-8-4-3-5-9-17/h3-11H,2,12-16H2,1H3,(H,24,31). The van der Waals surface area contributed by atoms with Gasteiger partial charge in [0.15, 0.2) is 5.69 Å². The van der Waals surface area contributed by atoms with E-state index in [4.69, 9.17) is 0 Å². The molecule has 0 atom stereocenters. The Morgan fingerprint density at radius 3 is 2.19 bits per heavy atom. The van der Waals surface area contributed by atoms with E-state index in [1.54, 1.807) is 34.1 Å². The van der Waals surface area contributed by atoms with Gasteiger partial charge in [0.2, 0.25) is 0 Å². The molecule has 1 aliphatic rings. The minimum Gasteiger partial charge on any atom is -0.338 e. The molecule has 1 aliphatic heterocycles. The van der Waals surface area contributed by atoms with Crippen molar-refractivity contribution in [2.75, 3.05) is 32.7 Å². The molecule has 0 aliphatic carbocycles. The lowest BCUT2D eigenvalue weighted by Crippen LogP contribution is -2.53. The largest absolute Gasteiger partial charge is 0.338 e. The van der Waals surface area contributed by atoms with Crippen LogP contribution in [0.25, 0.3) is 10.8 Å². The molecule has 160 valence electrons. The summed E-state index contributed by atoms with van der Waals surface area (Å²) in [6.07, 6.45) is 0. The number of rotatable bonds is 4. The molecule has 1 aromatic heterocycles. The van der Waals surface area contributed by atoms with Crippen LogP contribution < -0.4 is 10.9 Å². The molecular weight excluding hydrogens is 394 g/mol. The van der Waals surface area contributed by atoms with Crippen LogP contribution in [0.5, 0.6) is 0 Å². The molecule has 0 saturated carbocycles. The van der Waals surface area contributed by atoms with E-state index in [9.17, 15) is 14.4 Å². The minimum absolute atomic E-state index is 0.116. The van der Waals surface area contributed by atoms with Crippen LogP contribution in [-0.4, -0.2) is 64.2 Å². The number of piperazine rings is 1. The van der Waals surface area contributed by atoms with Crippen LogP contribution in [0.3, 0.4) is 0 Å². The lowest BCUT2D eigenvalue weighted by Gasteiger charge is -2.34. The van der Waals surface area contributed by atoms with Gasteiger partial charge in [0.05, 0.1) is 11.9 Å². The fourth-order valence-electron chi connectivity index (χ4n) is 3.78. The lowest BCUT2D eigenvalue weighted by atomic mass is 10.1. The zero-order valence-corrected chi connectivity index (χ0v) is 17.5. The Labute approximate surface area is 180 Å². The van der Waals surface area contributed by atoms with E-state index < -0.39 is 0 Å². The summed E-state index contributed by atoms with van der Waals surface area (Å²) in [5.41, 5.74) is 0.969. The maximum absolute atomic E-state index is 13.4. The second-order valence-electron chi connectivity index (χ2n) is 7.46. The second kappa shape index (κ2) is 8.99. The van der Waals surface area contributed by atoms with E-state index in [-0.39, 0.29) is 29.7 Å². The smallest absolute Gasteiger partial charge is 0.317 e. The van der Waals surface area contributed by atoms with Gasteiger partial charge < -0.3 is 15.1 Å². The first-order valence-corrected chi connectivity index (χ1v) is 10.4. The SMILES string of the molecule is CCNC(=O)N1CCN(C(=O)c2nn(Cc3ccccc3)c(=O)c3ccccc23)CC1. The molecule has 0 spiro atoms. The van der Waals surface area contributed by atoms with Gasteiger partial charge in [-0.3, -0.25) is 9.59 Å². The van der Waals surface area contributed by atoms with E-state index in [2.05, 4.69) is 10.4 Å². The fourth-order valence-corrected chi connectivity index (χ4v) is 3.78. The van der Waals surface area contributed by atoms with Crippen molar-refractivity contribution in [3.63, 3.8) is 0 Å². The molecule has 0 unspecified atom stereocenters. The lowest BCUT2D eigenvalue weighted by molar-refractivity contribution is 0.0659. The van der Waals surface area contributed by atoms with Crippen LogP contribution >= 0.6 is 0 Å². The molecule has 8 nitrogen and oxygen atoms in total. The summed E-state index contributed by atoms with van der Waals surface area (Å²) < 4.78 is 1.36. The number of carbonyl (C=O) groups excluding carboxylic acids is 2. The van der Waals surface area contributed by atoms with Crippen LogP contribution in [0.1, 0.15) is 23.0 Å². The average Bonchev–Trinajstić information content (AvgIpc) is 2.81. The predicted molar refractivity (Wildman–Crippen MR) is 118 cm³/mol. The van der Waals surface area contributed by atoms with Gasteiger partial charge in [0.25, 0.3) is 11.5 Å². The number of hydrogen-bond acceptors (Lipinski definition) is 4. The number of aromatic nitrogens is 2.